The van der Waals surface area contributed by atoms with E-state index in [2.05, 4.69) is 157 Å². The number of benzene rings is 7. The van der Waals surface area contributed by atoms with Crippen LogP contribution in [0.3, 0.4) is 0 Å². The van der Waals surface area contributed by atoms with Gasteiger partial charge in [-0.1, -0.05) is 164 Å². The number of ether oxygens (including phenoxy) is 1. The van der Waals surface area contributed by atoms with Crippen LogP contribution < -0.4 is 10.1 Å². The highest BCUT2D eigenvalue weighted by molar-refractivity contribution is 6.05. The molecule has 0 saturated carbocycles. The minimum atomic E-state index is -0.234. The number of nitrogens with zero attached hydrogens (tertiary/aromatic N) is 1. The maximum Gasteiger partial charge on any atom is 0.196 e. The molecule has 232 valence electrons. The van der Waals surface area contributed by atoms with E-state index in [1.807, 2.05) is 30.3 Å². The molecule has 0 amide bonds. The van der Waals surface area contributed by atoms with Gasteiger partial charge < -0.3 is 10.1 Å². The second-order valence-electron chi connectivity index (χ2n) is 12.4. The number of pyridine rings is 1. The first-order valence-electron chi connectivity index (χ1n) is 16.7. The molecular weight excluding hydrogens is 597 g/mol. The van der Waals surface area contributed by atoms with Gasteiger partial charge in [0.1, 0.15) is 0 Å². The fraction of sp³-hybridized carbons (Fsp3) is 0.0217. The third-order valence-electron chi connectivity index (χ3n) is 9.33. The van der Waals surface area contributed by atoms with E-state index < -0.39 is 0 Å². The van der Waals surface area contributed by atoms with Crippen molar-refractivity contribution in [3.05, 3.63) is 188 Å². The molecule has 0 bridgehead atoms. The molecule has 2 heterocycles. The van der Waals surface area contributed by atoms with Crippen molar-refractivity contribution in [1.29, 1.82) is 0 Å². The SMILES string of the molecule is c1ccc(-c2cc(-c3ccc(-c4c(-c5cccc6c5OC(c5ccccc5)N6)ccc5ccccc45)cc3)cc(-c3ccccc3)n2)cc1. The summed E-state index contributed by atoms with van der Waals surface area (Å²) in [5.41, 5.74) is 13.0. The summed E-state index contributed by atoms with van der Waals surface area (Å²) in [6, 6.07) is 63.9. The van der Waals surface area contributed by atoms with Crippen LogP contribution in [0, 0.1) is 0 Å². The van der Waals surface area contributed by atoms with Crippen molar-refractivity contribution in [2.24, 2.45) is 0 Å². The monoisotopic (exact) mass is 628 g/mol. The number of anilines is 1. The van der Waals surface area contributed by atoms with Crippen LogP contribution in [0.4, 0.5) is 5.69 Å². The molecule has 1 aliphatic rings. The van der Waals surface area contributed by atoms with E-state index in [1.54, 1.807) is 0 Å². The van der Waals surface area contributed by atoms with Crippen molar-refractivity contribution in [1.82, 2.24) is 4.98 Å². The summed E-state index contributed by atoms with van der Waals surface area (Å²) in [5.74, 6) is 0.878. The molecule has 0 radical (unpaired) electrons. The van der Waals surface area contributed by atoms with Gasteiger partial charge in [0, 0.05) is 22.3 Å². The maximum atomic E-state index is 6.64. The molecule has 0 fully saturated rings. The Morgan fingerprint density at radius 1 is 0.449 bits per heavy atom. The first kappa shape index (κ1) is 28.7. The Morgan fingerprint density at radius 3 is 1.76 bits per heavy atom. The van der Waals surface area contributed by atoms with Crippen LogP contribution >= 0.6 is 0 Å². The lowest BCUT2D eigenvalue weighted by Crippen LogP contribution is -2.09. The Morgan fingerprint density at radius 2 is 1.06 bits per heavy atom. The summed E-state index contributed by atoms with van der Waals surface area (Å²) in [7, 11) is 0. The Hall–Kier alpha value is -6.45. The van der Waals surface area contributed by atoms with Gasteiger partial charge in [0.05, 0.1) is 17.1 Å². The van der Waals surface area contributed by atoms with Gasteiger partial charge in [-0.2, -0.15) is 0 Å². The van der Waals surface area contributed by atoms with E-state index in [0.29, 0.717) is 0 Å². The quantitative estimate of drug-likeness (QED) is 0.199. The number of hydrogen-bond acceptors (Lipinski definition) is 3. The van der Waals surface area contributed by atoms with E-state index in [9.17, 15) is 0 Å². The van der Waals surface area contributed by atoms with E-state index in [1.165, 1.54) is 16.3 Å². The van der Waals surface area contributed by atoms with E-state index in [4.69, 9.17) is 9.72 Å². The van der Waals surface area contributed by atoms with Crippen LogP contribution in [-0.4, -0.2) is 4.98 Å². The number of aromatic nitrogens is 1. The molecule has 49 heavy (non-hydrogen) atoms. The molecule has 7 aromatic carbocycles. The first-order chi connectivity index (χ1) is 24.3. The molecule has 0 aliphatic carbocycles. The maximum absolute atomic E-state index is 6.64. The molecule has 8 aromatic rings. The second-order valence-corrected chi connectivity index (χ2v) is 12.4. The largest absolute Gasteiger partial charge is 0.464 e. The van der Waals surface area contributed by atoms with E-state index >= 15 is 0 Å². The Kier molecular flexibility index (Phi) is 7.21. The normalized spacial score (nSPS) is 13.4. The Bertz CT molecular complexity index is 2360. The Labute approximate surface area is 286 Å². The lowest BCUT2D eigenvalue weighted by Gasteiger charge is -2.17. The molecule has 1 N–H and O–H groups in total. The van der Waals surface area contributed by atoms with E-state index in [0.717, 1.165) is 67.3 Å². The molecule has 0 spiro atoms. The summed E-state index contributed by atoms with van der Waals surface area (Å²) in [5, 5.41) is 6.00. The Balaban J connectivity index is 1.15. The van der Waals surface area contributed by atoms with Gasteiger partial charge in [-0.15, -0.1) is 0 Å². The van der Waals surface area contributed by atoms with Gasteiger partial charge in [-0.25, -0.2) is 4.98 Å². The highest BCUT2D eigenvalue weighted by atomic mass is 16.5. The van der Waals surface area contributed by atoms with Crippen LogP contribution in [0.15, 0.2) is 182 Å². The van der Waals surface area contributed by atoms with Gasteiger partial charge in [0.15, 0.2) is 12.0 Å². The first-order valence-corrected chi connectivity index (χ1v) is 16.7. The third-order valence-corrected chi connectivity index (χ3v) is 9.33. The summed E-state index contributed by atoms with van der Waals surface area (Å²) in [6.45, 7) is 0. The highest BCUT2D eigenvalue weighted by Gasteiger charge is 2.27. The van der Waals surface area contributed by atoms with Crippen molar-refractivity contribution >= 4 is 16.5 Å². The fourth-order valence-corrected chi connectivity index (χ4v) is 6.90. The standard InChI is InChI=1S/C46H32N2O/c1-4-14-33(15-5-1)42-29-37(30-43(47-42)34-16-6-2-7-17-34)31-23-25-35(26-24-31)44-38-20-11-10-13-32(38)27-28-39(44)40-21-12-22-41-45(40)49-46(48-41)36-18-8-3-9-19-36/h1-30,46,48H. The zero-order chi connectivity index (χ0) is 32.6. The summed E-state index contributed by atoms with van der Waals surface area (Å²) < 4.78 is 6.64. The van der Waals surface area contributed by atoms with Crippen LogP contribution in [-0.2, 0) is 0 Å². The number of fused-ring (bicyclic) bond motifs is 2. The predicted octanol–water partition coefficient (Wildman–Crippen LogP) is 12.1. The van der Waals surface area contributed by atoms with Gasteiger partial charge >= 0.3 is 0 Å². The highest BCUT2D eigenvalue weighted by Crippen LogP contribution is 2.48. The molecule has 3 heteroatoms. The minimum Gasteiger partial charge on any atom is -0.464 e. The van der Waals surface area contributed by atoms with Crippen LogP contribution in [0.1, 0.15) is 11.8 Å². The topological polar surface area (TPSA) is 34.1 Å². The number of rotatable bonds is 6. The summed E-state index contributed by atoms with van der Waals surface area (Å²) >= 11 is 0. The van der Waals surface area contributed by atoms with Gasteiger partial charge in [0.25, 0.3) is 0 Å². The second kappa shape index (κ2) is 12.3. The minimum absolute atomic E-state index is 0.234. The van der Waals surface area contributed by atoms with Crippen molar-refractivity contribution in [2.45, 2.75) is 6.23 Å². The zero-order valence-corrected chi connectivity index (χ0v) is 26.8. The number of hydrogen-bond donors (Lipinski definition) is 1. The van der Waals surface area contributed by atoms with Gasteiger partial charge in [-0.3, -0.25) is 0 Å². The van der Waals surface area contributed by atoms with Crippen molar-refractivity contribution in [3.8, 4) is 61.6 Å². The lowest BCUT2D eigenvalue weighted by molar-refractivity contribution is 0.261. The zero-order valence-electron chi connectivity index (χ0n) is 26.8. The molecule has 1 unspecified atom stereocenters. The average molecular weight is 629 g/mol. The van der Waals surface area contributed by atoms with Crippen LogP contribution in [0.2, 0.25) is 0 Å². The number of nitrogens with one attached hydrogen (secondary N) is 1. The smallest absolute Gasteiger partial charge is 0.196 e. The molecule has 1 aliphatic heterocycles. The number of para-hydroxylation sites is 1. The van der Waals surface area contributed by atoms with Crippen molar-refractivity contribution < 1.29 is 4.74 Å². The lowest BCUT2D eigenvalue weighted by atomic mass is 9.88. The van der Waals surface area contributed by atoms with Crippen molar-refractivity contribution in [2.75, 3.05) is 5.32 Å². The molecule has 1 aromatic heterocycles. The van der Waals surface area contributed by atoms with Crippen molar-refractivity contribution in [3.63, 3.8) is 0 Å². The molecule has 9 rings (SSSR count). The predicted molar refractivity (Wildman–Crippen MR) is 202 cm³/mol. The van der Waals surface area contributed by atoms with Gasteiger partial charge in [0.2, 0.25) is 0 Å². The fourth-order valence-electron chi connectivity index (χ4n) is 6.90. The van der Waals surface area contributed by atoms with E-state index in [-0.39, 0.29) is 6.23 Å². The third kappa shape index (κ3) is 5.42. The molecule has 0 saturated heterocycles. The molecule has 3 nitrogen and oxygen atoms in total. The molecule has 1 atom stereocenters. The summed E-state index contributed by atoms with van der Waals surface area (Å²) in [6.07, 6.45) is -0.234. The van der Waals surface area contributed by atoms with Crippen LogP contribution in [0.5, 0.6) is 5.75 Å². The van der Waals surface area contributed by atoms with Crippen LogP contribution in [0.25, 0.3) is 66.7 Å². The average Bonchev–Trinajstić information content (AvgIpc) is 3.64. The summed E-state index contributed by atoms with van der Waals surface area (Å²) in [4.78, 5) is 5.08. The molecular formula is C46H32N2O. The van der Waals surface area contributed by atoms with Gasteiger partial charge in [-0.05, 0) is 56.8 Å².